The number of aromatic hydroxyl groups is 1. The zero-order valence-electron chi connectivity index (χ0n) is 18.6. The SMILES string of the molecule is CC/C(=C(/c1ccc(O)cc1)c1ccc(NOCCCN(C)C)cc1)c1ccccc1. The van der Waals surface area contributed by atoms with E-state index in [2.05, 4.69) is 67.8 Å². The van der Waals surface area contributed by atoms with Crippen molar-refractivity contribution in [1.82, 2.24) is 4.90 Å². The molecule has 0 saturated heterocycles. The Morgan fingerprint density at radius 2 is 1.45 bits per heavy atom. The zero-order valence-corrected chi connectivity index (χ0v) is 18.6. The van der Waals surface area contributed by atoms with E-state index in [1.807, 2.05) is 30.3 Å². The number of phenolic OH excluding ortho intramolecular Hbond substituents is 1. The summed E-state index contributed by atoms with van der Waals surface area (Å²) in [6.07, 6.45) is 1.87. The van der Waals surface area contributed by atoms with Crippen molar-refractivity contribution in [3.63, 3.8) is 0 Å². The van der Waals surface area contributed by atoms with E-state index in [0.717, 1.165) is 36.2 Å². The first-order valence-corrected chi connectivity index (χ1v) is 10.8. The maximum atomic E-state index is 9.77. The first-order valence-electron chi connectivity index (χ1n) is 10.8. The van der Waals surface area contributed by atoms with Crippen molar-refractivity contribution in [2.24, 2.45) is 0 Å². The van der Waals surface area contributed by atoms with Crippen LogP contribution in [0.2, 0.25) is 0 Å². The highest BCUT2D eigenvalue weighted by Gasteiger charge is 2.13. The van der Waals surface area contributed by atoms with Gasteiger partial charge in [-0.15, -0.1) is 0 Å². The third-order valence-electron chi connectivity index (χ3n) is 5.15. The normalized spacial score (nSPS) is 12.0. The van der Waals surface area contributed by atoms with E-state index in [4.69, 9.17) is 4.84 Å². The minimum absolute atomic E-state index is 0.270. The Morgan fingerprint density at radius 3 is 2.03 bits per heavy atom. The number of benzene rings is 3. The molecule has 0 radical (unpaired) electrons. The summed E-state index contributed by atoms with van der Waals surface area (Å²) in [6, 6.07) is 26.2. The number of nitrogens with zero attached hydrogens (tertiary/aromatic N) is 1. The van der Waals surface area contributed by atoms with Crippen molar-refractivity contribution in [3.05, 3.63) is 95.6 Å². The molecule has 3 aromatic carbocycles. The maximum Gasteiger partial charge on any atom is 0.115 e. The minimum atomic E-state index is 0.270. The van der Waals surface area contributed by atoms with E-state index in [9.17, 15) is 5.11 Å². The van der Waals surface area contributed by atoms with Crippen LogP contribution in [0.5, 0.6) is 5.75 Å². The lowest BCUT2D eigenvalue weighted by Gasteiger charge is -2.17. The third kappa shape index (κ3) is 6.45. The van der Waals surface area contributed by atoms with Crippen LogP contribution in [0.1, 0.15) is 36.5 Å². The van der Waals surface area contributed by atoms with Crippen LogP contribution < -0.4 is 5.48 Å². The molecular weight excluding hydrogens is 384 g/mol. The number of anilines is 1. The van der Waals surface area contributed by atoms with E-state index in [1.54, 1.807) is 12.1 Å². The minimum Gasteiger partial charge on any atom is -0.508 e. The Hall–Kier alpha value is -3.08. The standard InChI is InChI=1S/C27H32N2O2/c1-4-26(21-9-6-5-7-10-21)27(23-13-17-25(30)18-14-23)22-11-15-24(16-12-22)28-31-20-8-19-29(2)3/h5-7,9-18,28,30H,4,8,19-20H2,1-3H3/b27-26-. The molecule has 0 atom stereocenters. The zero-order chi connectivity index (χ0) is 22.1. The summed E-state index contributed by atoms with van der Waals surface area (Å²) < 4.78 is 0. The van der Waals surface area contributed by atoms with E-state index >= 15 is 0 Å². The summed E-state index contributed by atoms with van der Waals surface area (Å²) in [5.74, 6) is 0.270. The summed E-state index contributed by atoms with van der Waals surface area (Å²) in [4.78, 5) is 7.74. The van der Waals surface area contributed by atoms with Gasteiger partial charge in [0.15, 0.2) is 0 Å². The van der Waals surface area contributed by atoms with Crippen LogP contribution in [-0.2, 0) is 4.84 Å². The summed E-state index contributed by atoms with van der Waals surface area (Å²) >= 11 is 0. The van der Waals surface area contributed by atoms with Gasteiger partial charge >= 0.3 is 0 Å². The molecule has 4 nitrogen and oxygen atoms in total. The summed E-state index contributed by atoms with van der Waals surface area (Å²) in [6.45, 7) is 3.84. The van der Waals surface area contributed by atoms with Gasteiger partial charge in [0.25, 0.3) is 0 Å². The Kier molecular flexibility index (Phi) is 8.27. The topological polar surface area (TPSA) is 44.7 Å². The fraction of sp³-hybridized carbons (Fsp3) is 0.259. The Morgan fingerprint density at radius 1 is 0.839 bits per heavy atom. The predicted octanol–water partition coefficient (Wildman–Crippen LogP) is 6.06. The highest BCUT2D eigenvalue weighted by atomic mass is 16.6. The molecule has 3 rings (SSSR count). The molecule has 0 bridgehead atoms. The molecule has 2 N–H and O–H groups in total. The lowest BCUT2D eigenvalue weighted by atomic mass is 9.88. The molecule has 0 aliphatic rings. The molecule has 162 valence electrons. The Balaban J connectivity index is 1.88. The Bertz CT molecular complexity index is 962. The van der Waals surface area contributed by atoms with Gasteiger partial charge in [0.1, 0.15) is 5.75 Å². The van der Waals surface area contributed by atoms with Gasteiger partial charge in [-0.05, 0) is 85.6 Å². The van der Waals surface area contributed by atoms with Crippen molar-refractivity contribution >= 4 is 16.8 Å². The van der Waals surface area contributed by atoms with Crippen LogP contribution >= 0.6 is 0 Å². The van der Waals surface area contributed by atoms with E-state index in [-0.39, 0.29) is 5.75 Å². The van der Waals surface area contributed by atoms with Crippen LogP contribution in [0.4, 0.5) is 5.69 Å². The summed E-state index contributed by atoms with van der Waals surface area (Å²) in [5, 5.41) is 9.77. The number of hydrogen-bond acceptors (Lipinski definition) is 4. The molecule has 0 unspecified atom stereocenters. The number of allylic oxidation sites excluding steroid dienone is 1. The number of nitrogens with one attached hydrogen (secondary N) is 1. The smallest absolute Gasteiger partial charge is 0.115 e. The van der Waals surface area contributed by atoms with E-state index < -0.39 is 0 Å². The second-order valence-electron chi connectivity index (χ2n) is 7.80. The van der Waals surface area contributed by atoms with Gasteiger partial charge in [-0.1, -0.05) is 61.5 Å². The van der Waals surface area contributed by atoms with Gasteiger partial charge in [-0.25, -0.2) is 0 Å². The van der Waals surface area contributed by atoms with Crippen LogP contribution in [0, 0.1) is 0 Å². The summed E-state index contributed by atoms with van der Waals surface area (Å²) in [5.41, 5.74) is 9.83. The third-order valence-corrected chi connectivity index (χ3v) is 5.15. The number of hydrogen-bond donors (Lipinski definition) is 2. The fourth-order valence-corrected chi connectivity index (χ4v) is 3.60. The maximum absolute atomic E-state index is 9.77. The van der Waals surface area contributed by atoms with Gasteiger partial charge < -0.3 is 10.0 Å². The molecule has 0 saturated carbocycles. The predicted molar refractivity (Wildman–Crippen MR) is 130 cm³/mol. The first kappa shape index (κ1) is 22.6. The fourth-order valence-electron chi connectivity index (χ4n) is 3.60. The van der Waals surface area contributed by atoms with Gasteiger partial charge in [0.2, 0.25) is 0 Å². The largest absolute Gasteiger partial charge is 0.508 e. The van der Waals surface area contributed by atoms with Crippen molar-refractivity contribution in [3.8, 4) is 5.75 Å². The quantitative estimate of drug-likeness (QED) is 0.240. The molecule has 31 heavy (non-hydrogen) atoms. The lowest BCUT2D eigenvalue weighted by molar-refractivity contribution is 0.180. The molecular formula is C27H32N2O2. The summed E-state index contributed by atoms with van der Waals surface area (Å²) in [7, 11) is 4.12. The number of rotatable bonds is 10. The van der Waals surface area contributed by atoms with E-state index in [0.29, 0.717) is 6.61 Å². The van der Waals surface area contributed by atoms with Crippen LogP contribution in [-0.4, -0.2) is 37.3 Å². The molecule has 0 spiro atoms. The van der Waals surface area contributed by atoms with Crippen molar-refractivity contribution in [2.45, 2.75) is 19.8 Å². The number of phenols is 1. The van der Waals surface area contributed by atoms with Gasteiger partial charge in [-0.2, -0.15) is 0 Å². The average molecular weight is 417 g/mol. The van der Waals surface area contributed by atoms with Crippen molar-refractivity contribution in [2.75, 3.05) is 32.7 Å². The Labute approximate surface area is 185 Å². The second kappa shape index (κ2) is 11.3. The van der Waals surface area contributed by atoms with Gasteiger partial charge in [-0.3, -0.25) is 10.3 Å². The highest BCUT2D eigenvalue weighted by molar-refractivity contribution is 5.98. The average Bonchev–Trinajstić information content (AvgIpc) is 2.79. The van der Waals surface area contributed by atoms with Gasteiger partial charge in [0.05, 0.1) is 12.3 Å². The molecule has 0 aliphatic carbocycles. The first-order chi connectivity index (χ1) is 15.1. The van der Waals surface area contributed by atoms with Crippen LogP contribution in [0.15, 0.2) is 78.9 Å². The van der Waals surface area contributed by atoms with Gasteiger partial charge in [0, 0.05) is 0 Å². The molecule has 0 heterocycles. The highest BCUT2D eigenvalue weighted by Crippen LogP contribution is 2.35. The lowest BCUT2D eigenvalue weighted by Crippen LogP contribution is -2.15. The van der Waals surface area contributed by atoms with Crippen molar-refractivity contribution < 1.29 is 9.94 Å². The van der Waals surface area contributed by atoms with Crippen LogP contribution in [0.3, 0.4) is 0 Å². The molecule has 4 heteroatoms. The molecule has 3 aromatic rings. The van der Waals surface area contributed by atoms with Crippen LogP contribution in [0.25, 0.3) is 11.1 Å². The van der Waals surface area contributed by atoms with Crippen molar-refractivity contribution in [1.29, 1.82) is 0 Å². The molecule has 0 aromatic heterocycles. The van der Waals surface area contributed by atoms with E-state index in [1.165, 1.54) is 16.7 Å². The molecule has 0 fully saturated rings. The molecule has 0 amide bonds. The second-order valence-corrected chi connectivity index (χ2v) is 7.80. The monoisotopic (exact) mass is 416 g/mol. The molecule has 0 aliphatic heterocycles.